The van der Waals surface area contributed by atoms with Gasteiger partial charge in [0.1, 0.15) is 11.1 Å². The minimum Gasteiger partial charge on any atom is -0.444 e. The van der Waals surface area contributed by atoms with Crippen molar-refractivity contribution in [3.05, 3.63) is 0 Å². The van der Waals surface area contributed by atoms with E-state index in [2.05, 4.69) is 10.6 Å². The molecule has 1 fully saturated rings. The molecular formula is C13H25N3O3. The average Bonchev–Trinajstić information content (AvgIpc) is 2.26. The van der Waals surface area contributed by atoms with Crippen LogP contribution in [-0.2, 0) is 9.53 Å². The SMILES string of the molecule is CN(C)C(=O)C1(NC(=O)OC(C)(C)C)CCNCC1. The van der Waals surface area contributed by atoms with Gasteiger partial charge in [-0.1, -0.05) is 0 Å². The number of piperidine rings is 1. The van der Waals surface area contributed by atoms with Gasteiger partial charge in [-0.15, -0.1) is 0 Å². The number of carbonyl (C=O) groups is 2. The van der Waals surface area contributed by atoms with E-state index < -0.39 is 17.2 Å². The number of likely N-dealkylation sites (N-methyl/N-ethyl adjacent to an activating group) is 1. The van der Waals surface area contributed by atoms with Gasteiger partial charge in [-0.25, -0.2) is 4.79 Å². The van der Waals surface area contributed by atoms with E-state index in [1.807, 2.05) is 0 Å². The minimum absolute atomic E-state index is 0.0835. The Bertz CT molecular complexity index is 342. The van der Waals surface area contributed by atoms with E-state index >= 15 is 0 Å². The molecule has 0 spiro atoms. The molecule has 1 aliphatic rings. The van der Waals surface area contributed by atoms with Crippen LogP contribution in [0.1, 0.15) is 33.6 Å². The summed E-state index contributed by atoms with van der Waals surface area (Å²) in [5, 5.41) is 5.97. The number of alkyl carbamates (subject to hydrolysis) is 1. The van der Waals surface area contributed by atoms with Gasteiger partial charge in [-0.2, -0.15) is 0 Å². The van der Waals surface area contributed by atoms with Crippen LogP contribution in [0.5, 0.6) is 0 Å². The van der Waals surface area contributed by atoms with Gasteiger partial charge < -0.3 is 20.3 Å². The second kappa shape index (κ2) is 5.77. The van der Waals surface area contributed by atoms with Crippen molar-refractivity contribution in [1.82, 2.24) is 15.5 Å². The topological polar surface area (TPSA) is 70.7 Å². The predicted molar refractivity (Wildman–Crippen MR) is 72.9 cm³/mol. The lowest BCUT2D eigenvalue weighted by molar-refractivity contribution is -0.137. The van der Waals surface area contributed by atoms with Gasteiger partial charge in [-0.05, 0) is 46.7 Å². The summed E-state index contributed by atoms with van der Waals surface area (Å²) in [5.41, 5.74) is -1.42. The first kappa shape index (κ1) is 15.8. The molecular weight excluding hydrogens is 246 g/mol. The molecule has 110 valence electrons. The molecule has 0 aromatic heterocycles. The first-order valence-electron chi connectivity index (χ1n) is 6.60. The maximum absolute atomic E-state index is 12.3. The number of nitrogens with one attached hydrogen (secondary N) is 2. The molecule has 2 amide bonds. The average molecular weight is 271 g/mol. The summed E-state index contributed by atoms with van der Waals surface area (Å²) >= 11 is 0. The minimum atomic E-state index is -0.850. The molecule has 1 rings (SSSR count). The number of rotatable bonds is 2. The molecule has 1 aliphatic heterocycles. The van der Waals surface area contributed by atoms with Gasteiger partial charge in [0.15, 0.2) is 0 Å². The molecule has 0 unspecified atom stereocenters. The summed E-state index contributed by atoms with van der Waals surface area (Å²) in [7, 11) is 3.39. The lowest BCUT2D eigenvalue weighted by Gasteiger charge is -2.38. The van der Waals surface area contributed by atoms with Crippen molar-refractivity contribution < 1.29 is 14.3 Å². The van der Waals surface area contributed by atoms with Crippen LogP contribution >= 0.6 is 0 Å². The van der Waals surface area contributed by atoms with Crippen molar-refractivity contribution in [3.8, 4) is 0 Å². The van der Waals surface area contributed by atoms with Crippen molar-refractivity contribution in [3.63, 3.8) is 0 Å². The third-order valence-corrected chi connectivity index (χ3v) is 3.01. The number of carbonyl (C=O) groups excluding carboxylic acids is 2. The maximum atomic E-state index is 12.3. The lowest BCUT2D eigenvalue weighted by atomic mass is 9.87. The van der Waals surface area contributed by atoms with Gasteiger partial charge >= 0.3 is 6.09 Å². The Kier molecular flexibility index (Phi) is 4.79. The molecule has 0 atom stereocenters. The first-order valence-corrected chi connectivity index (χ1v) is 6.60. The summed E-state index contributed by atoms with van der Waals surface area (Å²) in [6.45, 7) is 6.81. The van der Waals surface area contributed by atoms with Gasteiger partial charge in [0, 0.05) is 14.1 Å². The Hall–Kier alpha value is -1.30. The smallest absolute Gasteiger partial charge is 0.408 e. The summed E-state index contributed by atoms with van der Waals surface area (Å²) in [4.78, 5) is 25.8. The standard InChI is InChI=1S/C13H25N3O3/c1-12(2,3)19-11(18)15-13(10(17)16(4)5)6-8-14-9-7-13/h14H,6-9H2,1-5H3,(H,15,18). The monoisotopic (exact) mass is 271 g/mol. The molecule has 1 heterocycles. The highest BCUT2D eigenvalue weighted by molar-refractivity contribution is 5.89. The number of nitrogens with zero attached hydrogens (tertiary/aromatic N) is 1. The van der Waals surface area contributed by atoms with Crippen molar-refractivity contribution in [2.24, 2.45) is 0 Å². The van der Waals surface area contributed by atoms with Crippen LogP contribution in [0, 0.1) is 0 Å². The first-order chi connectivity index (χ1) is 8.66. The zero-order valence-electron chi connectivity index (χ0n) is 12.5. The Morgan fingerprint density at radius 3 is 2.16 bits per heavy atom. The molecule has 0 aliphatic carbocycles. The van der Waals surface area contributed by atoms with E-state index in [1.54, 1.807) is 34.9 Å². The lowest BCUT2D eigenvalue weighted by Crippen LogP contribution is -2.63. The summed E-state index contributed by atoms with van der Waals surface area (Å²) < 4.78 is 5.25. The van der Waals surface area contributed by atoms with Gasteiger partial charge in [0.2, 0.25) is 5.91 Å². The Morgan fingerprint density at radius 1 is 1.21 bits per heavy atom. The van der Waals surface area contributed by atoms with Crippen molar-refractivity contribution in [2.45, 2.75) is 44.8 Å². The molecule has 0 saturated carbocycles. The second-order valence-corrected chi connectivity index (χ2v) is 6.16. The second-order valence-electron chi connectivity index (χ2n) is 6.16. The fourth-order valence-corrected chi connectivity index (χ4v) is 2.17. The van der Waals surface area contributed by atoms with Gasteiger partial charge in [0.05, 0.1) is 0 Å². The molecule has 6 nitrogen and oxygen atoms in total. The van der Waals surface area contributed by atoms with Crippen LogP contribution < -0.4 is 10.6 Å². The third-order valence-electron chi connectivity index (χ3n) is 3.01. The van der Waals surface area contributed by atoms with Gasteiger partial charge in [-0.3, -0.25) is 4.79 Å². The highest BCUT2D eigenvalue weighted by Crippen LogP contribution is 2.21. The summed E-state index contributed by atoms with van der Waals surface area (Å²) in [6.07, 6.45) is 0.608. The zero-order valence-corrected chi connectivity index (χ0v) is 12.5. The van der Waals surface area contributed by atoms with Crippen molar-refractivity contribution in [1.29, 1.82) is 0 Å². The van der Waals surface area contributed by atoms with E-state index in [-0.39, 0.29) is 5.91 Å². The maximum Gasteiger partial charge on any atom is 0.408 e. The number of hydrogen-bond donors (Lipinski definition) is 2. The largest absolute Gasteiger partial charge is 0.444 e. The van der Waals surface area contributed by atoms with Crippen molar-refractivity contribution in [2.75, 3.05) is 27.2 Å². The Labute approximate surface area is 114 Å². The highest BCUT2D eigenvalue weighted by atomic mass is 16.6. The van der Waals surface area contributed by atoms with Crippen molar-refractivity contribution >= 4 is 12.0 Å². The zero-order chi connectivity index (χ0) is 14.7. The fraction of sp³-hybridized carbons (Fsp3) is 0.846. The molecule has 0 radical (unpaired) electrons. The van der Waals surface area contributed by atoms with Crippen LogP contribution in [0.15, 0.2) is 0 Å². The van der Waals surface area contributed by atoms with Crippen LogP contribution in [-0.4, -0.2) is 55.2 Å². The molecule has 2 N–H and O–H groups in total. The molecule has 6 heteroatoms. The molecule has 1 saturated heterocycles. The molecule has 0 aromatic carbocycles. The van der Waals surface area contributed by atoms with Crippen LogP contribution in [0.3, 0.4) is 0 Å². The predicted octanol–water partition coefficient (Wildman–Crippen LogP) is 0.722. The van der Waals surface area contributed by atoms with E-state index in [0.29, 0.717) is 25.9 Å². The van der Waals surface area contributed by atoms with Gasteiger partial charge in [0.25, 0.3) is 0 Å². The van der Waals surface area contributed by atoms with E-state index in [9.17, 15) is 9.59 Å². The molecule has 0 aromatic rings. The number of hydrogen-bond acceptors (Lipinski definition) is 4. The number of ether oxygens (including phenoxy) is 1. The van der Waals surface area contributed by atoms with E-state index in [0.717, 1.165) is 0 Å². The van der Waals surface area contributed by atoms with Crippen LogP contribution in [0.2, 0.25) is 0 Å². The van der Waals surface area contributed by atoms with E-state index in [4.69, 9.17) is 4.74 Å². The Morgan fingerprint density at radius 2 is 1.74 bits per heavy atom. The van der Waals surface area contributed by atoms with Crippen LogP contribution in [0.4, 0.5) is 4.79 Å². The Balaban J connectivity index is 2.81. The van der Waals surface area contributed by atoms with Crippen LogP contribution in [0.25, 0.3) is 0 Å². The normalized spacial score (nSPS) is 18.6. The quantitative estimate of drug-likeness (QED) is 0.776. The molecule has 19 heavy (non-hydrogen) atoms. The van der Waals surface area contributed by atoms with E-state index in [1.165, 1.54) is 4.90 Å². The third kappa shape index (κ3) is 4.38. The summed E-state index contributed by atoms with van der Waals surface area (Å²) in [6, 6.07) is 0. The fourth-order valence-electron chi connectivity index (χ4n) is 2.17. The summed E-state index contributed by atoms with van der Waals surface area (Å²) in [5.74, 6) is -0.0835. The molecule has 0 bridgehead atoms. The highest BCUT2D eigenvalue weighted by Gasteiger charge is 2.42. The number of amides is 2.